The van der Waals surface area contributed by atoms with Crippen molar-refractivity contribution in [1.82, 2.24) is 5.32 Å². The normalized spacial score (nSPS) is 33.0. The van der Waals surface area contributed by atoms with Crippen LogP contribution < -0.4 is 5.32 Å². The average molecular weight is 129 g/mol. The Kier molecular flexibility index (Phi) is 1.78. The van der Waals surface area contributed by atoms with E-state index in [-0.39, 0.29) is 5.60 Å². The van der Waals surface area contributed by atoms with E-state index in [1.165, 1.54) is 6.42 Å². The Hall–Kier alpha value is -0.0800. The van der Waals surface area contributed by atoms with Crippen molar-refractivity contribution in [3.63, 3.8) is 0 Å². The van der Waals surface area contributed by atoms with Crippen LogP contribution >= 0.6 is 0 Å². The first-order chi connectivity index (χ1) is 4.14. The summed E-state index contributed by atoms with van der Waals surface area (Å²) in [4.78, 5) is 0. The fourth-order valence-electron chi connectivity index (χ4n) is 1.18. The Morgan fingerprint density at radius 2 is 2.22 bits per heavy atom. The number of hydrogen-bond donors (Lipinski definition) is 1. The Bertz CT molecular complexity index is 101. The predicted molar refractivity (Wildman–Crippen MR) is 37.2 cm³/mol. The lowest BCUT2D eigenvalue weighted by Gasteiger charge is -2.18. The van der Waals surface area contributed by atoms with E-state index in [1.54, 1.807) is 0 Å². The van der Waals surface area contributed by atoms with Crippen molar-refractivity contribution < 1.29 is 4.74 Å². The molecule has 9 heavy (non-hydrogen) atoms. The standard InChI is InChI=1S/C7H15NO/c1-7(2)5-4-6(8-3)9-7/h6,8H,4-5H2,1-3H3/t6-/m0/s1. The molecule has 1 atom stereocenters. The highest BCUT2D eigenvalue weighted by Crippen LogP contribution is 2.27. The van der Waals surface area contributed by atoms with Crippen LogP contribution in [0.25, 0.3) is 0 Å². The average Bonchev–Trinajstić information content (AvgIpc) is 2.10. The summed E-state index contributed by atoms with van der Waals surface area (Å²) in [6.07, 6.45) is 2.60. The van der Waals surface area contributed by atoms with Crippen LogP contribution in [0, 0.1) is 0 Å². The van der Waals surface area contributed by atoms with Gasteiger partial charge in [-0.1, -0.05) is 0 Å². The van der Waals surface area contributed by atoms with Crippen molar-refractivity contribution in [2.24, 2.45) is 0 Å². The number of rotatable bonds is 1. The Balaban J connectivity index is 2.38. The van der Waals surface area contributed by atoms with Crippen LogP contribution in [-0.2, 0) is 4.74 Å². The zero-order valence-electron chi connectivity index (χ0n) is 6.40. The lowest BCUT2D eigenvalue weighted by atomic mass is 10.1. The van der Waals surface area contributed by atoms with E-state index in [0.29, 0.717) is 6.23 Å². The molecule has 2 nitrogen and oxygen atoms in total. The van der Waals surface area contributed by atoms with Crippen molar-refractivity contribution in [3.05, 3.63) is 0 Å². The van der Waals surface area contributed by atoms with Gasteiger partial charge in [0.15, 0.2) is 0 Å². The lowest BCUT2D eigenvalue weighted by molar-refractivity contribution is -0.0262. The molecule has 0 aromatic rings. The van der Waals surface area contributed by atoms with Crippen LogP contribution in [-0.4, -0.2) is 18.9 Å². The molecular weight excluding hydrogens is 114 g/mol. The minimum atomic E-state index is 0.105. The molecule has 1 aliphatic rings. The van der Waals surface area contributed by atoms with Crippen LogP contribution in [0.1, 0.15) is 26.7 Å². The van der Waals surface area contributed by atoms with Gasteiger partial charge in [-0.25, -0.2) is 0 Å². The Morgan fingerprint density at radius 3 is 2.44 bits per heavy atom. The molecule has 1 fully saturated rings. The van der Waals surface area contributed by atoms with E-state index in [2.05, 4.69) is 19.2 Å². The summed E-state index contributed by atoms with van der Waals surface area (Å²) in [7, 11) is 1.94. The van der Waals surface area contributed by atoms with Gasteiger partial charge in [-0.15, -0.1) is 0 Å². The second kappa shape index (κ2) is 2.27. The van der Waals surface area contributed by atoms with Crippen LogP contribution in [0.3, 0.4) is 0 Å². The summed E-state index contributed by atoms with van der Waals surface area (Å²) in [6, 6.07) is 0. The third kappa shape index (κ3) is 1.66. The summed E-state index contributed by atoms with van der Waals surface area (Å²) in [5.74, 6) is 0. The summed E-state index contributed by atoms with van der Waals surface area (Å²) in [5.41, 5.74) is 0.105. The maximum atomic E-state index is 5.59. The molecule has 1 heterocycles. The predicted octanol–water partition coefficient (Wildman–Crippen LogP) is 1.12. The topological polar surface area (TPSA) is 21.3 Å². The molecule has 0 unspecified atom stereocenters. The first-order valence-electron chi connectivity index (χ1n) is 3.49. The van der Waals surface area contributed by atoms with Crippen molar-refractivity contribution in [3.8, 4) is 0 Å². The molecule has 2 heteroatoms. The highest BCUT2D eigenvalue weighted by Gasteiger charge is 2.30. The third-order valence-electron chi connectivity index (χ3n) is 1.79. The van der Waals surface area contributed by atoms with Gasteiger partial charge in [-0.2, -0.15) is 0 Å². The Morgan fingerprint density at radius 1 is 1.56 bits per heavy atom. The van der Waals surface area contributed by atoms with Crippen molar-refractivity contribution in [1.29, 1.82) is 0 Å². The van der Waals surface area contributed by atoms with Gasteiger partial charge in [0.05, 0.1) is 5.60 Å². The fourth-order valence-corrected chi connectivity index (χ4v) is 1.18. The number of nitrogens with one attached hydrogen (secondary N) is 1. The SMILES string of the molecule is CN[C@@H]1CCC(C)(C)O1. The Labute approximate surface area is 56.6 Å². The summed E-state index contributed by atoms with van der Waals surface area (Å²) >= 11 is 0. The molecule has 0 radical (unpaired) electrons. The maximum Gasteiger partial charge on any atom is 0.108 e. The molecule has 1 N–H and O–H groups in total. The van der Waals surface area contributed by atoms with Crippen LogP contribution in [0.5, 0.6) is 0 Å². The molecule has 0 aromatic heterocycles. The zero-order valence-corrected chi connectivity index (χ0v) is 6.40. The number of hydrogen-bond acceptors (Lipinski definition) is 2. The summed E-state index contributed by atoms with van der Waals surface area (Å²) in [5, 5.41) is 3.10. The van der Waals surface area contributed by atoms with Crippen molar-refractivity contribution in [2.45, 2.75) is 38.5 Å². The van der Waals surface area contributed by atoms with Crippen LogP contribution in [0.15, 0.2) is 0 Å². The van der Waals surface area contributed by atoms with E-state index in [4.69, 9.17) is 4.74 Å². The van der Waals surface area contributed by atoms with Crippen molar-refractivity contribution >= 4 is 0 Å². The van der Waals surface area contributed by atoms with Gasteiger partial charge in [-0.3, -0.25) is 5.32 Å². The van der Waals surface area contributed by atoms with Gasteiger partial charge in [-0.05, 0) is 33.7 Å². The van der Waals surface area contributed by atoms with E-state index in [9.17, 15) is 0 Å². The van der Waals surface area contributed by atoms with Gasteiger partial charge < -0.3 is 4.74 Å². The van der Waals surface area contributed by atoms with E-state index >= 15 is 0 Å². The molecule has 0 saturated carbocycles. The maximum absolute atomic E-state index is 5.59. The molecule has 1 saturated heterocycles. The first-order valence-corrected chi connectivity index (χ1v) is 3.49. The monoisotopic (exact) mass is 129 g/mol. The molecule has 0 bridgehead atoms. The van der Waals surface area contributed by atoms with Gasteiger partial charge in [0.1, 0.15) is 6.23 Å². The second-order valence-corrected chi connectivity index (χ2v) is 3.19. The molecular formula is C7H15NO. The van der Waals surface area contributed by atoms with Gasteiger partial charge >= 0.3 is 0 Å². The molecule has 0 aliphatic carbocycles. The van der Waals surface area contributed by atoms with Gasteiger partial charge in [0, 0.05) is 0 Å². The minimum absolute atomic E-state index is 0.105. The molecule has 0 aromatic carbocycles. The fraction of sp³-hybridized carbons (Fsp3) is 1.00. The van der Waals surface area contributed by atoms with Crippen molar-refractivity contribution in [2.75, 3.05) is 7.05 Å². The quantitative estimate of drug-likeness (QED) is 0.573. The van der Waals surface area contributed by atoms with Crippen LogP contribution in [0.2, 0.25) is 0 Å². The van der Waals surface area contributed by atoms with Gasteiger partial charge in [0.25, 0.3) is 0 Å². The highest BCUT2D eigenvalue weighted by atomic mass is 16.5. The summed E-state index contributed by atoms with van der Waals surface area (Å²) < 4.78 is 5.59. The molecule has 0 amide bonds. The minimum Gasteiger partial charge on any atom is -0.358 e. The van der Waals surface area contributed by atoms with Gasteiger partial charge in [0.2, 0.25) is 0 Å². The lowest BCUT2D eigenvalue weighted by Crippen LogP contribution is -2.28. The zero-order chi connectivity index (χ0) is 6.91. The second-order valence-electron chi connectivity index (χ2n) is 3.19. The smallest absolute Gasteiger partial charge is 0.108 e. The molecule has 54 valence electrons. The van der Waals surface area contributed by atoms with E-state index in [0.717, 1.165) is 6.42 Å². The highest BCUT2D eigenvalue weighted by molar-refractivity contribution is 4.78. The first kappa shape index (κ1) is 7.03. The summed E-state index contributed by atoms with van der Waals surface area (Å²) in [6.45, 7) is 4.26. The van der Waals surface area contributed by atoms with E-state index in [1.807, 2.05) is 7.05 Å². The largest absolute Gasteiger partial charge is 0.358 e. The third-order valence-corrected chi connectivity index (χ3v) is 1.79. The molecule has 0 spiro atoms. The molecule has 1 rings (SSSR count). The number of ether oxygens (including phenoxy) is 1. The van der Waals surface area contributed by atoms with Crippen LogP contribution in [0.4, 0.5) is 0 Å². The van der Waals surface area contributed by atoms with E-state index < -0.39 is 0 Å². The molecule has 1 aliphatic heterocycles.